The summed E-state index contributed by atoms with van der Waals surface area (Å²) in [5, 5.41) is 3.40. The predicted octanol–water partition coefficient (Wildman–Crippen LogP) is 4.58. The quantitative estimate of drug-likeness (QED) is 0.768. The molecule has 2 rings (SSSR count). The summed E-state index contributed by atoms with van der Waals surface area (Å²) in [4.78, 5) is 0. The number of nitrogens with one attached hydrogen (secondary N) is 1. The molecule has 0 radical (unpaired) electrons. The molecule has 4 nitrogen and oxygen atoms in total. The van der Waals surface area contributed by atoms with Crippen molar-refractivity contribution in [3.05, 3.63) is 39.6 Å². The molecule has 7 heteroatoms. The average Bonchev–Trinajstić information content (AvgIpc) is 2.45. The monoisotopic (exact) mass is 374 g/mol. The van der Waals surface area contributed by atoms with E-state index < -0.39 is 5.82 Å². The summed E-state index contributed by atoms with van der Waals surface area (Å²) >= 11 is 9.17. The Balaban J connectivity index is 2.44. The maximum Gasteiger partial charge on any atom is 0.146 e. The number of benzene rings is 2. The molecule has 112 valence electrons. The van der Waals surface area contributed by atoms with Gasteiger partial charge in [0.15, 0.2) is 0 Å². The van der Waals surface area contributed by atoms with Crippen molar-refractivity contribution < 1.29 is 13.9 Å². The molecular formula is C14H13BrClFN2O2. The van der Waals surface area contributed by atoms with Crippen molar-refractivity contribution in [2.24, 2.45) is 0 Å². The largest absolute Gasteiger partial charge is 0.495 e. The second-order valence-corrected chi connectivity index (χ2v) is 5.43. The molecule has 0 spiro atoms. The van der Waals surface area contributed by atoms with Crippen LogP contribution in [0.1, 0.15) is 0 Å². The normalized spacial score (nSPS) is 10.3. The topological polar surface area (TPSA) is 56.5 Å². The zero-order valence-electron chi connectivity index (χ0n) is 11.3. The van der Waals surface area contributed by atoms with Crippen LogP contribution in [0.3, 0.4) is 0 Å². The fourth-order valence-electron chi connectivity index (χ4n) is 1.77. The number of hydrogen-bond acceptors (Lipinski definition) is 4. The first-order valence-electron chi connectivity index (χ1n) is 5.89. The van der Waals surface area contributed by atoms with E-state index in [1.54, 1.807) is 12.1 Å². The highest BCUT2D eigenvalue weighted by atomic mass is 79.9. The van der Waals surface area contributed by atoms with Crippen LogP contribution in [0.5, 0.6) is 11.5 Å². The third-order valence-corrected chi connectivity index (χ3v) is 3.74. The van der Waals surface area contributed by atoms with Crippen LogP contribution < -0.4 is 20.5 Å². The molecule has 0 saturated heterocycles. The standard InChI is InChI=1S/C14H13BrClFN2O2/c1-20-13-6-14(21-2)12(4-8(13)16)19-11-5-9(17)7(15)3-10(11)18/h3-6,19H,18H2,1-2H3. The fourth-order valence-corrected chi connectivity index (χ4v) is 2.38. The SMILES string of the molecule is COc1cc(OC)c(Nc2cc(F)c(Br)cc2N)cc1Cl. The number of anilines is 3. The molecule has 0 aliphatic heterocycles. The van der Waals surface area contributed by atoms with Gasteiger partial charge < -0.3 is 20.5 Å². The van der Waals surface area contributed by atoms with Crippen LogP contribution in [0.4, 0.5) is 21.5 Å². The van der Waals surface area contributed by atoms with Crippen molar-refractivity contribution in [3.63, 3.8) is 0 Å². The Morgan fingerprint density at radius 1 is 1.10 bits per heavy atom. The molecule has 2 aromatic carbocycles. The van der Waals surface area contributed by atoms with Gasteiger partial charge in [-0.2, -0.15) is 0 Å². The van der Waals surface area contributed by atoms with Crippen molar-refractivity contribution in [2.45, 2.75) is 0 Å². The van der Waals surface area contributed by atoms with E-state index in [1.807, 2.05) is 0 Å². The number of halogens is 3. The van der Waals surface area contributed by atoms with Gasteiger partial charge in [0.05, 0.1) is 40.8 Å². The van der Waals surface area contributed by atoms with Crippen LogP contribution in [0, 0.1) is 5.82 Å². The van der Waals surface area contributed by atoms with Gasteiger partial charge in [0.1, 0.15) is 17.3 Å². The van der Waals surface area contributed by atoms with E-state index in [2.05, 4.69) is 21.2 Å². The zero-order valence-corrected chi connectivity index (χ0v) is 13.7. The third-order valence-electron chi connectivity index (χ3n) is 2.84. The molecule has 2 aromatic rings. The Labute approximate surface area is 135 Å². The van der Waals surface area contributed by atoms with E-state index in [9.17, 15) is 4.39 Å². The van der Waals surface area contributed by atoms with E-state index in [0.29, 0.717) is 38.1 Å². The van der Waals surface area contributed by atoms with Crippen LogP contribution in [-0.2, 0) is 0 Å². The summed E-state index contributed by atoms with van der Waals surface area (Å²) in [5.41, 5.74) is 7.22. The van der Waals surface area contributed by atoms with Crippen molar-refractivity contribution >= 4 is 44.6 Å². The first-order chi connectivity index (χ1) is 9.96. The van der Waals surface area contributed by atoms with Gasteiger partial charge in [-0.3, -0.25) is 0 Å². The number of methoxy groups -OCH3 is 2. The van der Waals surface area contributed by atoms with Gasteiger partial charge in [-0.1, -0.05) is 11.6 Å². The molecule has 0 aliphatic carbocycles. The second kappa shape index (κ2) is 6.41. The molecule has 0 unspecified atom stereocenters. The highest BCUT2D eigenvalue weighted by Gasteiger charge is 2.12. The second-order valence-electron chi connectivity index (χ2n) is 4.17. The van der Waals surface area contributed by atoms with Gasteiger partial charge >= 0.3 is 0 Å². The molecule has 3 N–H and O–H groups in total. The number of rotatable bonds is 4. The Morgan fingerprint density at radius 2 is 1.76 bits per heavy atom. The summed E-state index contributed by atoms with van der Waals surface area (Å²) in [6.45, 7) is 0. The van der Waals surface area contributed by atoms with Crippen LogP contribution >= 0.6 is 27.5 Å². The lowest BCUT2D eigenvalue weighted by atomic mass is 10.2. The molecular weight excluding hydrogens is 363 g/mol. The highest BCUT2D eigenvalue weighted by Crippen LogP contribution is 2.38. The number of ether oxygens (including phenoxy) is 2. The van der Waals surface area contributed by atoms with E-state index >= 15 is 0 Å². The van der Waals surface area contributed by atoms with Gasteiger partial charge in [-0.15, -0.1) is 0 Å². The van der Waals surface area contributed by atoms with Gasteiger partial charge in [0.25, 0.3) is 0 Å². The molecule has 0 amide bonds. The average molecular weight is 376 g/mol. The molecule has 0 aromatic heterocycles. The molecule has 21 heavy (non-hydrogen) atoms. The van der Waals surface area contributed by atoms with Crippen molar-refractivity contribution in [1.29, 1.82) is 0 Å². The van der Waals surface area contributed by atoms with E-state index in [-0.39, 0.29) is 0 Å². The summed E-state index contributed by atoms with van der Waals surface area (Å²) < 4.78 is 24.3. The van der Waals surface area contributed by atoms with Gasteiger partial charge in [0.2, 0.25) is 0 Å². The number of nitrogens with two attached hydrogens (primary N) is 1. The summed E-state index contributed by atoms with van der Waals surface area (Å²) in [5.74, 6) is 0.554. The lowest BCUT2D eigenvalue weighted by Gasteiger charge is -2.15. The van der Waals surface area contributed by atoms with Crippen molar-refractivity contribution in [1.82, 2.24) is 0 Å². The first-order valence-corrected chi connectivity index (χ1v) is 7.06. The molecule has 0 heterocycles. The summed E-state index contributed by atoms with van der Waals surface area (Å²) in [6.07, 6.45) is 0. The summed E-state index contributed by atoms with van der Waals surface area (Å²) in [7, 11) is 3.02. The lowest BCUT2D eigenvalue weighted by Crippen LogP contribution is -2.00. The molecule has 0 aliphatic rings. The maximum atomic E-state index is 13.6. The maximum absolute atomic E-state index is 13.6. The number of hydrogen-bond donors (Lipinski definition) is 2. The Kier molecular flexibility index (Phi) is 4.80. The van der Waals surface area contributed by atoms with Gasteiger partial charge in [-0.25, -0.2) is 4.39 Å². The van der Waals surface area contributed by atoms with Crippen LogP contribution in [0.25, 0.3) is 0 Å². The Morgan fingerprint density at radius 3 is 2.38 bits per heavy atom. The third kappa shape index (κ3) is 3.33. The minimum absolute atomic E-state index is 0.297. The number of nitrogen functional groups attached to an aromatic ring is 1. The smallest absolute Gasteiger partial charge is 0.146 e. The lowest BCUT2D eigenvalue weighted by molar-refractivity contribution is 0.396. The summed E-state index contributed by atoms with van der Waals surface area (Å²) in [6, 6.07) is 6.03. The van der Waals surface area contributed by atoms with Crippen LogP contribution in [0.2, 0.25) is 5.02 Å². The highest BCUT2D eigenvalue weighted by molar-refractivity contribution is 9.10. The molecule has 0 saturated carbocycles. The van der Waals surface area contributed by atoms with E-state index in [1.165, 1.54) is 26.4 Å². The van der Waals surface area contributed by atoms with Crippen LogP contribution in [-0.4, -0.2) is 14.2 Å². The fraction of sp³-hybridized carbons (Fsp3) is 0.143. The molecule has 0 atom stereocenters. The van der Waals surface area contributed by atoms with E-state index in [0.717, 1.165) is 0 Å². The zero-order chi connectivity index (χ0) is 15.6. The van der Waals surface area contributed by atoms with Crippen molar-refractivity contribution in [3.8, 4) is 11.5 Å². The Hall–Kier alpha value is -1.66. The van der Waals surface area contributed by atoms with E-state index in [4.69, 9.17) is 26.8 Å². The van der Waals surface area contributed by atoms with Gasteiger partial charge in [-0.05, 0) is 28.1 Å². The molecule has 0 bridgehead atoms. The predicted molar refractivity (Wildman–Crippen MR) is 86.4 cm³/mol. The minimum atomic E-state index is -0.426. The first kappa shape index (κ1) is 15.7. The molecule has 0 fully saturated rings. The van der Waals surface area contributed by atoms with Crippen LogP contribution in [0.15, 0.2) is 28.7 Å². The minimum Gasteiger partial charge on any atom is -0.495 e. The van der Waals surface area contributed by atoms with Crippen molar-refractivity contribution in [2.75, 3.05) is 25.3 Å². The Bertz CT molecular complexity index is 683. The van der Waals surface area contributed by atoms with Gasteiger partial charge in [0, 0.05) is 12.1 Å².